The van der Waals surface area contributed by atoms with Crippen molar-refractivity contribution in [1.82, 2.24) is 14.8 Å². The highest BCUT2D eigenvalue weighted by molar-refractivity contribution is 6.29. The summed E-state index contributed by atoms with van der Waals surface area (Å²) in [6.45, 7) is 5.52. The fourth-order valence-corrected chi connectivity index (χ4v) is 2.83. The highest BCUT2D eigenvalue weighted by atomic mass is 35.5. The molecule has 0 unspecified atom stereocenters. The first-order chi connectivity index (χ1) is 9.61. The van der Waals surface area contributed by atoms with Gasteiger partial charge in [0.05, 0.1) is 5.56 Å². The molecule has 20 heavy (non-hydrogen) atoms. The van der Waals surface area contributed by atoms with E-state index in [4.69, 9.17) is 11.6 Å². The largest absolute Gasteiger partial charge is 0.339 e. The van der Waals surface area contributed by atoms with E-state index in [0.29, 0.717) is 16.8 Å². The molecular weight excluding hydrogens is 274 g/mol. The van der Waals surface area contributed by atoms with Crippen LogP contribution in [-0.2, 0) is 0 Å². The first kappa shape index (κ1) is 15.3. The molecule has 0 radical (unpaired) electrons. The van der Waals surface area contributed by atoms with Crippen molar-refractivity contribution in [3.8, 4) is 0 Å². The van der Waals surface area contributed by atoms with Crippen LogP contribution >= 0.6 is 11.6 Å². The van der Waals surface area contributed by atoms with E-state index in [9.17, 15) is 4.79 Å². The molecule has 110 valence electrons. The summed E-state index contributed by atoms with van der Waals surface area (Å²) in [7, 11) is 1.89. The van der Waals surface area contributed by atoms with Crippen molar-refractivity contribution in [3.05, 3.63) is 29.0 Å². The standard InChI is InChI=1S/C15H22ClN3O/c1-3-8-19-9-6-13(7-10-19)18(2)15(20)12-4-5-14(16)17-11-12/h4-5,11,13H,3,6-10H2,1-2H3. The van der Waals surface area contributed by atoms with E-state index in [2.05, 4.69) is 16.8 Å². The average molecular weight is 296 g/mol. The number of piperidine rings is 1. The second kappa shape index (κ2) is 7.04. The fraction of sp³-hybridized carbons (Fsp3) is 0.600. The number of carbonyl (C=O) groups is 1. The van der Waals surface area contributed by atoms with Crippen LogP contribution in [0.2, 0.25) is 5.15 Å². The Morgan fingerprint density at radius 2 is 2.15 bits per heavy atom. The van der Waals surface area contributed by atoms with Crippen LogP contribution in [0.3, 0.4) is 0 Å². The molecule has 0 spiro atoms. The molecule has 0 bridgehead atoms. The van der Waals surface area contributed by atoms with Crippen molar-refractivity contribution < 1.29 is 4.79 Å². The number of hydrogen-bond acceptors (Lipinski definition) is 3. The molecule has 2 heterocycles. The van der Waals surface area contributed by atoms with Gasteiger partial charge in [-0.05, 0) is 37.9 Å². The molecule has 4 nitrogen and oxygen atoms in total. The van der Waals surface area contributed by atoms with Gasteiger partial charge in [-0.3, -0.25) is 4.79 Å². The minimum Gasteiger partial charge on any atom is -0.339 e. The Hall–Kier alpha value is -1.13. The van der Waals surface area contributed by atoms with Gasteiger partial charge in [-0.2, -0.15) is 0 Å². The Balaban J connectivity index is 1.93. The maximum Gasteiger partial charge on any atom is 0.255 e. The summed E-state index contributed by atoms with van der Waals surface area (Å²) < 4.78 is 0. The zero-order valence-corrected chi connectivity index (χ0v) is 12.9. The van der Waals surface area contributed by atoms with Crippen molar-refractivity contribution in [1.29, 1.82) is 0 Å². The number of pyridine rings is 1. The van der Waals surface area contributed by atoms with Gasteiger partial charge in [0.25, 0.3) is 5.91 Å². The number of aromatic nitrogens is 1. The van der Waals surface area contributed by atoms with Crippen LogP contribution in [0.15, 0.2) is 18.3 Å². The average Bonchev–Trinajstić information content (AvgIpc) is 2.48. The van der Waals surface area contributed by atoms with Crippen LogP contribution in [0.4, 0.5) is 0 Å². The molecule has 0 aliphatic carbocycles. The Bertz CT molecular complexity index is 441. The number of rotatable bonds is 4. The summed E-state index contributed by atoms with van der Waals surface area (Å²) in [5.41, 5.74) is 0.605. The zero-order valence-electron chi connectivity index (χ0n) is 12.2. The SMILES string of the molecule is CCCN1CCC(N(C)C(=O)c2ccc(Cl)nc2)CC1. The first-order valence-corrected chi connectivity index (χ1v) is 7.60. The van der Waals surface area contributed by atoms with Gasteiger partial charge in [0.1, 0.15) is 5.15 Å². The summed E-state index contributed by atoms with van der Waals surface area (Å²) >= 11 is 5.75. The van der Waals surface area contributed by atoms with Crippen molar-refractivity contribution in [2.45, 2.75) is 32.2 Å². The predicted molar refractivity (Wildman–Crippen MR) is 81.1 cm³/mol. The molecule has 0 atom stereocenters. The van der Waals surface area contributed by atoms with Gasteiger partial charge in [-0.1, -0.05) is 18.5 Å². The van der Waals surface area contributed by atoms with E-state index in [-0.39, 0.29) is 5.91 Å². The minimum absolute atomic E-state index is 0.0307. The molecule has 0 aromatic carbocycles. The fourth-order valence-electron chi connectivity index (χ4n) is 2.72. The maximum atomic E-state index is 12.4. The van der Waals surface area contributed by atoms with E-state index < -0.39 is 0 Å². The lowest BCUT2D eigenvalue weighted by molar-refractivity contribution is 0.0642. The van der Waals surface area contributed by atoms with E-state index in [1.807, 2.05) is 11.9 Å². The van der Waals surface area contributed by atoms with Crippen LogP contribution in [-0.4, -0.2) is 53.4 Å². The molecule has 1 aromatic heterocycles. The summed E-state index contributed by atoms with van der Waals surface area (Å²) in [5.74, 6) is 0.0307. The number of nitrogens with zero attached hydrogens (tertiary/aromatic N) is 3. The van der Waals surface area contributed by atoms with Crippen LogP contribution in [0.25, 0.3) is 0 Å². The molecule has 1 aliphatic heterocycles. The summed E-state index contributed by atoms with van der Waals surface area (Å²) in [6.07, 6.45) is 4.83. The van der Waals surface area contributed by atoms with Crippen molar-refractivity contribution in [2.75, 3.05) is 26.7 Å². The molecule has 1 aliphatic rings. The maximum absolute atomic E-state index is 12.4. The molecular formula is C15H22ClN3O. The number of amides is 1. The van der Waals surface area contributed by atoms with Gasteiger partial charge < -0.3 is 9.80 Å². The van der Waals surface area contributed by atoms with Crippen molar-refractivity contribution in [3.63, 3.8) is 0 Å². The minimum atomic E-state index is 0.0307. The van der Waals surface area contributed by atoms with Crippen LogP contribution in [0.5, 0.6) is 0 Å². The number of carbonyl (C=O) groups excluding carboxylic acids is 1. The topological polar surface area (TPSA) is 36.4 Å². The lowest BCUT2D eigenvalue weighted by Gasteiger charge is -2.36. The quantitative estimate of drug-likeness (QED) is 0.801. The predicted octanol–water partition coefficient (Wildman–Crippen LogP) is 2.68. The van der Waals surface area contributed by atoms with E-state index in [1.54, 1.807) is 18.3 Å². The normalized spacial score (nSPS) is 17.1. The highest BCUT2D eigenvalue weighted by Gasteiger charge is 2.25. The summed E-state index contributed by atoms with van der Waals surface area (Å²) in [5, 5.41) is 0.414. The van der Waals surface area contributed by atoms with Gasteiger partial charge >= 0.3 is 0 Å². The highest BCUT2D eigenvalue weighted by Crippen LogP contribution is 2.18. The number of halogens is 1. The zero-order chi connectivity index (χ0) is 14.5. The third-order valence-electron chi connectivity index (χ3n) is 3.94. The Morgan fingerprint density at radius 1 is 1.45 bits per heavy atom. The van der Waals surface area contributed by atoms with Crippen LogP contribution in [0, 0.1) is 0 Å². The Labute approximate surface area is 125 Å². The van der Waals surface area contributed by atoms with Gasteiger partial charge in [0.2, 0.25) is 0 Å². The lowest BCUT2D eigenvalue weighted by atomic mass is 10.0. The van der Waals surface area contributed by atoms with Crippen LogP contribution in [0.1, 0.15) is 36.5 Å². The third-order valence-corrected chi connectivity index (χ3v) is 4.16. The van der Waals surface area contributed by atoms with Gasteiger partial charge in [0, 0.05) is 32.4 Å². The monoisotopic (exact) mass is 295 g/mol. The van der Waals surface area contributed by atoms with Gasteiger partial charge in [-0.15, -0.1) is 0 Å². The van der Waals surface area contributed by atoms with Crippen molar-refractivity contribution in [2.24, 2.45) is 0 Å². The third kappa shape index (κ3) is 3.70. The van der Waals surface area contributed by atoms with E-state index >= 15 is 0 Å². The van der Waals surface area contributed by atoms with Gasteiger partial charge in [0.15, 0.2) is 0 Å². The van der Waals surface area contributed by atoms with Crippen LogP contribution < -0.4 is 0 Å². The molecule has 1 amide bonds. The summed E-state index contributed by atoms with van der Waals surface area (Å²) in [4.78, 5) is 20.7. The smallest absolute Gasteiger partial charge is 0.255 e. The van der Waals surface area contributed by atoms with E-state index in [0.717, 1.165) is 32.5 Å². The summed E-state index contributed by atoms with van der Waals surface area (Å²) in [6, 6.07) is 3.72. The molecule has 1 fully saturated rings. The second-order valence-electron chi connectivity index (χ2n) is 5.36. The molecule has 0 N–H and O–H groups in total. The lowest BCUT2D eigenvalue weighted by Crippen LogP contribution is -2.45. The molecule has 1 saturated heterocycles. The number of hydrogen-bond donors (Lipinski definition) is 0. The Kier molecular flexibility index (Phi) is 5.38. The first-order valence-electron chi connectivity index (χ1n) is 7.23. The Morgan fingerprint density at radius 3 is 2.70 bits per heavy atom. The van der Waals surface area contributed by atoms with E-state index in [1.165, 1.54) is 6.42 Å². The molecule has 2 rings (SSSR count). The molecule has 1 aromatic rings. The van der Waals surface area contributed by atoms with Gasteiger partial charge in [-0.25, -0.2) is 4.98 Å². The molecule has 0 saturated carbocycles. The molecule has 5 heteroatoms. The number of likely N-dealkylation sites (tertiary alicyclic amines) is 1. The second-order valence-corrected chi connectivity index (χ2v) is 5.75. The van der Waals surface area contributed by atoms with Crippen molar-refractivity contribution >= 4 is 17.5 Å².